The van der Waals surface area contributed by atoms with Crippen molar-refractivity contribution < 1.29 is 4.79 Å². The molecule has 3 nitrogen and oxygen atoms in total. The Bertz CT molecular complexity index is 398. The van der Waals surface area contributed by atoms with Crippen molar-refractivity contribution in [3.05, 3.63) is 21.9 Å². The van der Waals surface area contributed by atoms with Gasteiger partial charge in [0.15, 0.2) is 0 Å². The fourth-order valence-electron chi connectivity index (χ4n) is 1.39. The van der Waals surface area contributed by atoms with Gasteiger partial charge in [-0.3, -0.25) is 4.79 Å². The maximum Gasteiger partial charge on any atom is 0.255 e. The van der Waals surface area contributed by atoms with Gasteiger partial charge in [0.05, 0.1) is 17.1 Å². The highest BCUT2D eigenvalue weighted by Gasteiger charge is 2.21. The number of nitrogens with zero attached hydrogens (tertiary/aromatic N) is 1. The molecule has 0 saturated carbocycles. The van der Waals surface area contributed by atoms with Crippen LogP contribution in [0, 0.1) is 6.92 Å². The van der Waals surface area contributed by atoms with Crippen LogP contribution in [0.5, 0.6) is 0 Å². The average molecular weight is 256 g/mol. The summed E-state index contributed by atoms with van der Waals surface area (Å²) in [6.45, 7) is 6.18. The van der Waals surface area contributed by atoms with Gasteiger partial charge in [-0.25, -0.2) is 0 Å². The zero-order valence-corrected chi connectivity index (χ0v) is 11.3. The first-order chi connectivity index (χ1) is 7.43. The van der Waals surface area contributed by atoms with Crippen molar-refractivity contribution in [2.45, 2.75) is 26.8 Å². The lowest BCUT2D eigenvalue weighted by Crippen LogP contribution is -2.42. The molecule has 0 bridgehead atoms. The number of amides is 1. The van der Waals surface area contributed by atoms with Gasteiger partial charge in [-0.1, -0.05) is 12.2 Å². The van der Waals surface area contributed by atoms with Crippen LogP contribution < -0.4 is 5.73 Å². The molecule has 1 heterocycles. The van der Waals surface area contributed by atoms with E-state index < -0.39 is 0 Å². The van der Waals surface area contributed by atoms with Gasteiger partial charge in [-0.05, 0) is 31.7 Å². The Hall–Kier alpha value is -0.940. The van der Waals surface area contributed by atoms with Crippen molar-refractivity contribution in [3.8, 4) is 0 Å². The molecule has 0 radical (unpaired) electrons. The molecule has 0 aromatic carbocycles. The maximum atomic E-state index is 12.2. The van der Waals surface area contributed by atoms with E-state index >= 15 is 0 Å². The third kappa shape index (κ3) is 3.02. The van der Waals surface area contributed by atoms with Crippen molar-refractivity contribution in [1.82, 2.24) is 4.90 Å². The van der Waals surface area contributed by atoms with Crippen LogP contribution in [0.2, 0.25) is 0 Å². The Morgan fingerprint density at radius 1 is 1.56 bits per heavy atom. The molecule has 0 aliphatic rings. The molecule has 2 N–H and O–H groups in total. The molecule has 0 unspecified atom stereocenters. The molecule has 0 fully saturated rings. The number of aryl methyl sites for hydroxylation is 1. The molecule has 1 amide bonds. The summed E-state index contributed by atoms with van der Waals surface area (Å²) in [5, 5.41) is 3.83. The third-order valence-electron chi connectivity index (χ3n) is 2.30. The summed E-state index contributed by atoms with van der Waals surface area (Å²) in [7, 11) is 0. The molecule has 1 aromatic heterocycles. The van der Waals surface area contributed by atoms with E-state index in [1.807, 2.05) is 31.5 Å². The lowest BCUT2D eigenvalue weighted by atomic mass is 10.1. The number of thiophene rings is 1. The highest BCUT2D eigenvalue weighted by molar-refractivity contribution is 7.80. The first-order valence-electron chi connectivity index (χ1n) is 5.05. The van der Waals surface area contributed by atoms with E-state index in [0.29, 0.717) is 11.5 Å². The first-order valence-corrected chi connectivity index (χ1v) is 6.40. The van der Waals surface area contributed by atoms with Crippen molar-refractivity contribution >= 4 is 34.5 Å². The second kappa shape index (κ2) is 5.41. The second-order valence-electron chi connectivity index (χ2n) is 3.96. The minimum Gasteiger partial charge on any atom is -0.392 e. The van der Waals surface area contributed by atoms with Gasteiger partial charge in [0.25, 0.3) is 5.91 Å². The average Bonchev–Trinajstić information content (AvgIpc) is 2.59. The molecule has 0 saturated heterocycles. The van der Waals surface area contributed by atoms with E-state index in [4.69, 9.17) is 18.0 Å². The molecule has 0 spiro atoms. The smallest absolute Gasteiger partial charge is 0.255 e. The predicted octanol–water partition coefficient (Wildman–Crippen LogP) is 2.19. The Balaban J connectivity index is 2.92. The summed E-state index contributed by atoms with van der Waals surface area (Å²) >= 11 is 6.39. The quantitative estimate of drug-likeness (QED) is 0.840. The summed E-state index contributed by atoms with van der Waals surface area (Å²) in [4.78, 5) is 14.3. The predicted molar refractivity (Wildman–Crippen MR) is 72.0 cm³/mol. The zero-order valence-electron chi connectivity index (χ0n) is 9.69. The summed E-state index contributed by atoms with van der Waals surface area (Å²) in [5.41, 5.74) is 7.25. The van der Waals surface area contributed by atoms with E-state index in [9.17, 15) is 4.79 Å². The molecule has 0 aliphatic heterocycles. The number of hydrogen-bond donors (Lipinski definition) is 1. The van der Waals surface area contributed by atoms with Crippen LogP contribution in [-0.4, -0.2) is 28.4 Å². The summed E-state index contributed by atoms with van der Waals surface area (Å²) < 4.78 is 0. The number of rotatable bonds is 4. The Morgan fingerprint density at radius 3 is 2.56 bits per heavy atom. The molecular weight excluding hydrogens is 240 g/mol. The molecule has 5 heteroatoms. The van der Waals surface area contributed by atoms with Crippen molar-refractivity contribution in [3.63, 3.8) is 0 Å². The summed E-state index contributed by atoms with van der Waals surface area (Å²) in [6, 6.07) is 0.0910. The van der Waals surface area contributed by atoms with Crippen LogP contribution >= 0.6 is 23.6 Å². The SMILES string of the molecule is Cc1cscc1C(=O)N(CC(N)=S)C(C)C. The molecule has 88 valence electrons. The highest BCUT2D eigenvalue weighted by atomic mass is 32.1. The summed E-state index contributed by atoms with van der Waals surface area (Å²) in [6.07, 6.45) is 0. The minimum absolute atomic E-state index is 0.00144. The second-order valence-corrected chi connectivity index (χ2v) is 5.23. The van der Waals surface area contributed by atoms with Crippen molar-refractivity contribution in [2.24, 2.45) is 5.73 Å². The number of hydrogen-bond acceptors (Lipinski definition) is 3. The van der Waals surface area contributed by atoms with Crippen LogP contribution in [0.25, 0.3) is 0 Å². The van der Waals surface area contributed by atoms with Crippen LogP contribution in [0.15, 0.2) is 10.8 Å². The standard InChI is InChI=1S/C11H16N2OS2/c1-7(2)13(4-10(12)15)11(14)9-6-16-5-8(9)3/h5-7H,4H2,1-3H3,(H2,12,15). The van der Waals surface area contributed by atoms with E-state index in [-0.39, 0.29) is 11.9 Å². The zero-order chi connectivity index (χ0) is 12.3. The highest BCUT2D eigenvalue weighted by Crippen LogP contribution is 2.17. The Kier molecular flexibility index (Phi) is 4.44. The van der Waals surface area contributed by atoms with Crippen LogP contribution in [-0.2, 0) is 0 Å². The molecule has 0 atom stereocenters. The molecule has 16 heavy (non-hydrogen) atoms. The van der Waals surface area contributed by atoms with Gasteiger partial charge in [0, 0.05) is 11.4 Å². The lowest BCUT2D eigenvalue weighted by molar-refractivity contribution is 0.0736. The van der Waals surface area contributed by atoms with Gasteiger partial charge in [-0.2, -0.15) is 11.3 Å². The van der Waals surface area contributed by atoms with Crippen LogP contribution in [0.1, 0.15) is 29.8 Å². The van der Waals surface area contributed by atoms with E-state index in [1.165, 1.54) is 11.3 Å². The Morgan fingerprint density at radius 2 is 2.19 bits per heavy atom. The van der Waals surface area contributed by atoms with Crippen LogP contribution in [0.3, 0.4) is 0 Å². The van der Waals surface area contributed by atoms with E-state index in [2.05, 4.69) is 0 Å². The van der Waals surface area contributed by atoms with Gasteiger partial charge in [0.1, 0.15) is 0 Å². The minimum atomic E-state index is 0.00144. The molecule has 1 rings (SSSR count). The topological polar surface area (TPSA) is 46.3 Å². The number of carbonyl (C=O) groups excluding carboxylic acids is 1. The monoisotopic (exact) mass is 256 g/mol. The summed E-state index contributed by atoms with van der Waals surface area (Å²) in [5.74, 6) is 0.00144. The molecule has 0 aliphatic carbocycles. The molecular formula is C11H16N2OS2. The lowest BCUT2D eigenvalue weighted by Gasteiger charge is -2.26. The largest absolute Gasteiger partial charge is 0.392 e. The Labute approximate surface area is 105 Å². The van der Waals surface area contributed by atoms with Gasteiger partial charge < -0.3 is 10.6 Å². The molecule has 1 aromatic rings. The van der Waals surface area contributed by atoms with E-state index in [0.717, 1.165) is 11.1 Å². The van der Waals surface area contributed by atoms with Gasteiger partial charge in [0.2, 0.25) is 0 Å². The van der Waals surface area contributed by atoms with Crippen molar-refractivity contribution in [1.29, 1.82) is 0 Å². The number of nitrogens with two attached hydrogens (primary N) is 1. The van der Waals surface area contributed by atoms with Gasteiger partial charge in [-0.15, -0.1) is 0 Å². The maximum absolute atomic E-state index is 12.2. The third-order valence-corrected chi connectivity index (χ3v) is 3.29. The normalized spacial score (nSPS) is 10.5. The van der Waals surface area contributed by atoms with E-state index in [1.54, 1.807) is 4.90 Å². The van der Waals surface area contributed by atoms with Crippen LogP contribution in [0.4, 0.5) is 0 Å². The fourth-order valence-corrected chi connectivity index (χ4v) is 2.35. The fraction of sp³-hybridized carbons (Fsp3) is 0.455. The van der Waals surface area contributed by atoms with Gasteiger partial charge >= 0.3 is 0 Å². The number of thiocarbonyl (C=S) groups is 1. The van der Waals surface area contributed by atoms with Crippen molar-refractivity contribution in [2.75, 3.05) is 6.54 Å². The first kappa shape index (κ1) is 13.1. The number of carbonyl (C=O) groups is 1.